The summed E-state index contributed by atoms with van der Waals surface area (Å²) in [5.41, 5.74) is 3.08. The molecule has 0 radical (unpaired) electrons. The van der Waals surface area contributed by atoms with Crippen LogP contribution in [0.2, 0.25) is 0 Å². The summed E-state index contributed by atoms with van der Waals surface area (Å²) in [5.74, 6) is 0.294. The molecule has 1 aromatic heterocycles. The monoisotopic (exact) mass is 774 g/mol. The predicted octanol–water partition coefficient (Wildman–Crippen LogP) is 5.71. The van der Waals surface area contributed by atoms with Gasteiger partial charge in [-0.2, -0.15) is 0 Å². The van der Waals surface area contributed by atoms with Gasteiger partial charge in [0.2, 0.25) is 0 Å². The molecule has 202 valence electrons. The van der Waals surface area contributed by atoms with E-state index in [0.717, 1.165) is 29.6 Å². The van der Waals surface area contributed by atoms with Gasteiger partial charge in [0.25, 0.3) is 5.56 Å². The third-order valence-corrected chi connectivity index (χ3v) is 8.74. The van der Waals surface area contributed by atoms with Crippen LogP contribution in [0.15, 0.2) is 101 Å². The molecule has 4 aromatic rings. The highest BCUT2D eigenvalue weighted by atomic mass is 127. The lowest BCUT2D eigenvalue weighted by Gasteiger charge is -2.25. The van der Waals surface area contributed by atoms with E-state index in [-0.39, 0.29) is 12.2 Å². The highest BCUT2D eigenvalue weighted by Crippen LogP contribution is 2.35. The first-order valence-electron chi connectivity index (χ1n) is 12.5. The number of carbonyl (C=O) groups is 1. The number of nitrogens with zero attached hydrogens (tertiary/aromatic N) is 2. The summed E-state index contributed by atoms with van der Waals surface area (Å²) in [6, 6.07) is 22.3. The van der Waals surface area contributed by atoms with E-state index < -0.39 is 12.0 Å². The minimum atomic E-state index is -0.691. The van der Waals surface area contributed by atoms with E-state index in [1.807, 2.05) is 78.9 Å². The van der Waals surface area contributed by atoms with E-state index in [9.17, 15) is 9.59 Å². The van der Waals surface area contributed by atoms with Crippen LogP contribution >= 0.6 is 56.5 Å². The Morgan fingerprint density at radius 1 is 1.07 bits per heavy atom. The molecule has 0 N–H and O–H groups in total. The van der Waals surface area contributed by atoms with Gasteiger partial charge in [0.15, 0.2) is 4.80 Å². The number of hydrogen-bond donors (Lipinski definition) is 0. The van der Waals surface area contributed by atoms with Crippen molar-refractivity contribution in [3.8, 4) is 5.75 Å². The molecular weight excluding hydrogens is 750 g/mol. The first-order chi connectivity index (χ1) is 19.4. The highest BCUT2D eigenvalue weighted by Gasteiger charge is 2.35. The summed E-state index contributed by atoms with van der Waals surface area (Å²) in [7, 11) is 0. The SMILES string of the molecule is C=CCOc1c(I)cc(/C=c2\sc3n(c2=O)[C@H](c2ccccc2)C(C(=O)OCC)=C(c2ccccc2)N=3)cc1I. The number of fused-ring (bicyclic) bond motifs is 1. The third kappa shape index (κ3) is 5.72. The van der Waals surface area contributed by atoms with Crippen molar-refractivity contribution in [1.29, 1.82) is 0 Å². The van der Waals surface area contributed by atoms with Crippen LogP contribution in [0.4, 0.5) is 0 Å². The zero-order valence-corrected chi connectivity index (χ0v) is 26.6. The van der Waals surface area contributed by atoms with Gasteiger partial charge in [0.05, 0.1) is 35.6 Å². The van der Waals surface area contributed by atoms with Crippen LogP contribution in [0.3, 0.4) is 0 Å². The Morgan fingerprint density at radius 3 is 2.35 bits per heavy atom. The second-order valence-electron chi connectivity index (χ2n) is 8.76. The van der Waals surface area contributed by atoms with Gasteiger partial charge in [-0.3, -0.25) is 9.36 Å². The van der Waals surface area contributed by atoms with Crippen LogP contribution in [0.25, 0.3) is 11.8 Å². The van der Waals surface area contributed by atoms with E-state index in [1.165, 1.54) is 11.3 Å². The first kappa shape index (κ1) is 28.5. The molecule has 3 aromatic carbocycles. The number of hydrogen-bond acceptors (Lipinski definition) is 6. The molecule has 0 spiro atoms. The molecule has 6 nitrogen and oxygen atoms in total. The predicted molar refractivity (Wildman–Crippen MR) is 175 cm³/mol. The molecule has 1 aliphatic rings. The molecule has 0 aliphatic carbocycles. The quantitative estimate of drug-likeness (QED) is 0.131. The van der Waals surface area contributed by atoms with Crippen LogP contribution in [-0.4, -0.2) is 23.8 Å². The van der Waals surface area contributed by atoms with Crippen molar-refractivity contribution in [2.24, 2.45) is 4.99 Å². The molecule has 0 fully saturated rings. The van der Waals surface area contributed by atoms with Crippen LogP contribution in [-0.2, 0) is 9.53 Å². The Bertz CT molecular complexity index is 1770. The summed E-state index contributed by atoms with van der Waals surface area (Å²) in [4.78, 5) is 32.9. The summed E-state index contributed by atoms with van der Waals surface area (Å²) < 4.78 is 15.3. The van der Waals surface area contributed by atoms with E-state index in [1.54, 1.807) is 17.6 Å². The number of carbonyl (C=O) groups excluding carboxylic acids is 1. The van der Waals surface area contributed by atoms with E-state index in [2.05, 4.69) is 51.8 Å². The lowest BCUT2D eigenvalue weighted by Crippen LogP contribution is -2.40. The number of aromatic nitrogens is 1. The zero-order valence-electron chi connectivity index (χ0n) is 21.5. The lowest BCUT2D eigenvalue weighted by molar-refractivity contribution is -0.138. The molecule has 0 saturated carbocycles. The van der Waals surface area contributed by atoms with Crippen molar-refractivity contribution in [1.82, 2.24) is 4.57 Å². The van der Waals surface area contributed by atoms with E-state index >= 15 is 0 Å². The molecule has 0 unspecified atom stereocenters. The topological polar surface area (TPSA) is 69.9 Å². The largest absolute Gasteiger partial charge is 0.487 e. The molecule has 0 amide bonds. The zero-order chi connectivity index (χ0) is 28.2. The molecule has 1 atom stereocenters. The number of ether oxygens (including phenoxy) is 2. The van der Waals surface area contributed by atoms with Crippen molar-refractivity contribution < 1.29 is 14.3 Å². The number of esters is 1. The number of halogens is 2. The molecule has 1 aliphatic heterocycles. The minimum absolute atomic E-state index is 0.208. The standard InChI is InChI=1S/C31H24I2N2O4S/c1-3-15-39-28-22(32)16-19(17-23(28)33)18-24-29(36)35-27(21-13-9-6-10-14-21)25(30(37)38-4-2)26(34-31(35)40-24)20-11-7-5-8-12-20/h3,5-14,16-18,27H,1,4,15H2,2H3/b24-18-/t27-/m1/s1. The maximum Gasteiger partial charge on any atom is 0.338 e. The first-order valence-corrected chi connectivity index (χ1v) is 15.5. The maximum atomic E-state index is 14.0. The summed E-state index contributed by atoms with van der Waals surface area (Å²) >= 11 is 5.78. The Balaban J connectivity index is 1.75. The van der Waals surface area contributed by atoms with Crippen molar-refractivity contribution in [2.45, 2.75) is 13.0 Å². The van der Waals surface area contributed by atoms with Gasteiger partial charge in [-0.15, -0.1) is 0 Å². The van der Waals surface area contributed by atoms with Crippen LogP contribution in [0, 0.1) is 7.14 Å². The van der Waals surface area contributed by atoms with Crippen molar-refractivity contribution in [3.63, 3.8) is 0 Å². The van der Waals surface area contributed by atoms with Crippen LogP contribution < -0.4 is 19.6 Å². The molecule has 2 heterocycles. The Morgan fingerprint density at radius 2 is 1.73 bits per heavy atom. The summed E-state index contributed by atoms with van der Waals surface area (Å²) in [6.45, 7) is 6.10. The van der Waals surface area contributed by atoms with Crippen LogP contribution in [0.1, 0.15) is 29.7 Å². The minimum Gasteiger partial charge on any atom is -0.487 e. The number of rotatable bonds is 8. The Kier molecular flexibility index (Phi) is 9.01. The van der Waals surface area contributed by atoms with Crippen LogP contribution in [0.5, 0.6) is 5.75 Å². The Labute approximate surface area is 262 Å². The van der Waals surface area contributed by atoms with Gasteiger partial charge >= 0.3 is 5.97 Å². The highest BCUT2D eigenvalue weighted by molar-refractivity contribution is 14.1. The van der Waals surface area contributed by atoms with Gasteiger partial charge in [0, 0.05) is 5.56 Å². The van der Waals surface area contributed by atoms with Gasteiger partial charge in [-0.1, -0.05) is 84.7 Å². The lowest BCUT2D eigenvalue weighted by atomic mass is 9.93. The normalized spacial score (nSPS) is 14.9. The molecule has 5 rings (SSSR count). The molecular formula is C31H24I2N2O4S. The molecule has 9 heteroatoms. The molecule has 40 heavy (non-hydrogen) atoms. The average Bonchev–Trinajstić information content (AvgIpc) is 3.27. The van der Waals surface area contributed by atoms with Crippen molar-refractivity contribution in [3.05, 3.63) is 135 Å². The average molecular weight is 774 g/mol. The van der Waals surface area contributed by atoms with Crippen molar-refractivity contribution >= 4 is 74.3 Å². The third-order valence-electron chi connectivity index (χ3n) is 6.15. The van der Waals surface area contributed by atoms with Gasteiger partial charge in [0.1, 0.15) is 12.4 Å². The second-order valence-corrected chi connectivity index (χ2v) is 12.1. The summed E-state index contributed by atoms with van der Waals surface area (Å²) in [6.07, 6.45) is 3.57. The molecule has 0 bridgehead atoms. The van der Waals surface area contributed by atoms with E-state index in [4.69, 9.17) is 14.5 Å². The number of benzene rings is 3. The van der Waals surface area contributed by atoms with Gasteiger partial charge < -0.3 is 9.47 Å². The van der Waals surface area contributed by atoms with Gasteiger partial charge in [-0.05, 0) is 81.4 Å². The van der Waals surface area contributed by atoms with E-state index in [0.29, 0.717) is 27.2 Å². The molecule has 0 saturated heterocycles. The van der Waals surface area contributed by atoms with Crippen molar-refractivity contribution in [2.75, 3.05) is 13.2 Å². The second kappa shape index (κ2) is 12.6. The summed E-state index contributed by atoms with van der Waals surface area (Å²) in [5, 5.41) is 0. The number of thiazole rings is 1. The fraction of sp³-hybridized carbons (Fsp3) is 0.129. The Hall–Kier alpha value is -3.03. The maximum absolute atomic E-state index is 14.0. The fourth-order valence-corrected chi connectivity index (χ4v) is 7.61. The van der Waals surface area contributed by atoms with Gasteiger partial charge in [-0.25, -0.2) is 9.79 Å². The fourth-order valence-electron chi connectivity index (χ4n) is 4.49. The smallest absolute Gasteiger partial charge is 0.338 e.